The molecule has 0 radical (unpaired) electrons. The second-order valence-corrected chi connectivity index (χ2v) is 5.59. The van der Waals surface area contributed by atoms with Gasteiger partial charge in [-0.25, -0.2) is 4.39 Å². The third kappa shape index (κ3) is 4.27. The third-order valence-electron chi connectivity index (χ3n) is 3.97. The van der Waals surface area contributed by atoms with Crippen molar-refractivity contribution >= 4 is 11.6 Å². The number of benzene rings is 1. The molecule has 0 unspecified atom stereocenters. The van der Waals surface area contributed by atoms with Gasteiger partial charge in [0, 0.05) is 32.6 Å². The van der Waals surface area contributed by atoms with Crippen LogP contribution in [0.15, 0.2) is 29.4 Å². The predicted molar refractivity (Wildman–Crippen MR) is 82.7 cm³/mol. The lowest BCUT2D eigenvalue weighted by molar-refractivity contribution is -0.131. The summed E-state index contributed by atoms with van der Waals surface area (Å²) < 4.78 is 18.2. The van der Waals surface area contributed by atoms with Crippen LogP contribution in [0.2, 0.25) is 0 Å². The number of hydrogen-bond donors (Lipinski definition) is 1. The number of amides is 1. The predicted octanol–water partition coefficient (Wildman–Crippen LogP) is 0.767. The molecule has 2 aliphatic rings. The number of morpholine rings is 1. The first-order valence-corrected chi connectivity index (χ1v) is 7.79. The van der Waals surface area contributed by atoms with E-state index >= 15 is 0 Å². The smallest absolute Gasteiger partial charge is 0.264 e. The molecule has 0 spiro atoms. The summed E-state index contributed by atoms with van der Waals surface area (Å²) in [7, 11) is 0. The summed E-state index contributed by atoms with van der Waals surface area (Å²) in [5.74, 6) is -0.468. The number of hydrogen-bond acceptors (Lipinski definition) is 5. The van der Waals surface area contributed by atoms with Gasteiger partial charge < -0.3 is 14.9 Å². The maximum absolute atomic E-state index is 12.9. The molecule has 1 fully saturated rings. The van der Waals surface area contributed by atoms with Crippen molar-refractivity contribution in [2.45, 2.75) is 12.5 Å². The van der Waals surface area contributed by atoms with Crippen LogP contribution in [0.3, 0.4) is 0 Å². The molecule has 6 nitrogen and oxygen atoms in total. The largest absolute Gasteiger partial charge is 0.382 e. The van der Waals surface area contributed by atoms with Crippen molar-refractivity contribution in [2.75, 3.05) is 39.4 Å². The zero-order chi connectivity index (χ0) is 16.1. The third-order valence-corrected chi connectivity index (χ3v) is 3.97. The van der Waals surface area contributed by atoms with E-state index in [1.54, 1.807) is 12.1 Å². The molecular weight excluding hydrogens is 301 g/mol. The fourth-order valence-corrected chi connectivity index (χ4v) is 2.61. The number of rotatable bonds is 5. The number of carbonyl (C=O) groups is 1. The number of nitrogens with zero attached hydrogens (tertiary/aromatic N) is 2. The van der Waals surface area contributed by atoms with Crippen LogP contribution in [0.25, 0.3) is 0 Å². The highest BCUT2D eigenvalue weighted by Gasteiger charge is 2.28. The van der Waals surface area contributed by atoms with E-state index in [4.69, 9.17) is 9.57 Å². The van der Waals surface area contributed by atoms with Crippen LogP contribution in [0.5, 0.6) is 0 Å². The minimum atomic E-state index is -0.611. The average Bonchev–Trinajstić information content (AvgIpc) is 3.06. The molecule has 7 heteroatoms. The molecule has 1 saturated heterocycles. The first kappa shape index (κ1) is 15.9. The molecule has 2 heterocycles. The molecule has 1 aromatic rings. The molecule has 0 saturated carbocycles. The number of carbonyl (C=O) groups excluding carboxylic acids is 1. The number of oxime groups is 1. The topological polar surface area (TPSA) is 63.2 Å². The van der Waals surface area contributed by atoms with E-state index in [2.05, 4.69) is 15.4 Å². The van der Waals surface area contributed by atoms with Crippen molar-refractivity contribution < 1.29 is 18.8 Å². The Morgan fingerprint density at radius 2 is 2.04 bits per heavy atom. The van der Waals surface area contributed by atoms with Gasteiger partial charge in [0.05, 0.1) is 18.9 Å². The van der Waals surface area contributed by atoms with Crippen molar-refractivity contribution in [3.05, 3.63) is 35.6 Å². The van der Waals surface area contributed by atoms with Gasteiger partial charge in [0.2, 0.25) is 6.10 Å². The van der Waals surface area contributed by atoms with Crippen LogP contribution in [0, 0.1) is 5.82 Å². The highest BCUT2D eigenvalue weighted by atomic mass is 19.1. The summed E-state index contributed by atoms with van der Waals surface area (Å²) in [6.07, 6.45) is -0.214. The summed E-state index contributed by atoms with van der Waals surface area (Å²) in [5.41, 5.74) is 1.44. The molecule has 2 aliphatic heterocycles. The van der Waals surface area contributed by atoms with Gasteiger partial charge in [0.25, 0.3) is 5.91 Å². The van der Waals surface area contributed by atoms with E-state index in [0.717, 1.165) is 38.4 Å². The molecule has 1 N–H and O–H groups in total. The van der Waals surface area contributed by atoms with Gasteiger partial charge in [-0.15, -0.1) is 0 Å². The Morgan fingerprint density at radius 1 is 1.30 bits per heavy atom. The van der Waals surface area contributed by atoms with Crippen LogP contribution in [-0.4, -0.2) is 62.0 Å². The molecule has 1 amide bonds. The first-order valence-electron chi connectivity index (χ1n) is 7.79. The second kappa shape index (κ2) is 7.52. The SMILES string of the molecule is O=C(NCCN1CCOCC1)[C@@H]1CC(c2ccc(F)cc2)=NO1. The molecule has 0 aliphatic carbocycles. The summed E-state index contributed by atoms with van der Waals surface area (Å²) in [5, 5.41) is 6.82. The maximum atomic E-state index is 12.9. The van der Waals surface area contributed by atoms with Crippen LogP contribution in [0.1, 0.15) is 12.0 Å². The van der Waals surface area contributed by atoms with Gasteiger partial charge in [-0.2, -0.15) is 0 Å². The van der Waals surface area contributed by atoms with Crippen LogP contribution in [-0.2, 0) is 14.4 Å². The number of nitrogens with one attached hydrogen (secondary N) is 1. The zero-order valence-electron chi connectivity index (χ0n) is 12.8. The Bertz CT molecular complexity index is 570. The number of halogens is 1. The van der Waals surface area contributed by atoms with Gasteiger partial charge in [-0.05, 0) is 17.7 Å². The van der Waals surface area contributed by atoms with Crippen LogP contribution >= 0.6 is 0 Å². The quantitative estimate of drug-likeness (QED) is 0.870. The minimum absolute atomic E-state index is 0.167. The lowest BCUT2D eigenvalue weighted by Crippen LogP contribution is -2.43. The second-order valence-electron chi connectivity index (χ2n) is 5.59. The van der Waals surface area contributed by atoms with E-state index < -0.39 is 6.10 Å². The van der Waals surface area contributed by atoms with Gasteiger partial charge in [0.1, 0.15) is 5.82 Å². The average molecular weight is 321 g/mol. The monoisotopic (exact) mass is 321 g/mol. The normalized spacial score (nSPS) is 21.6. The van der Waals surface area contributed by atoms with E-state index in [1.165, 1.54) is 12.1 Å². The van der Waals surface area contributed by atoms with Crippen molar-refractivity contribution in [1.82, 2.24) is 10.2 Å². The fraction of sp³-hybridized carbons (Fsp3) is 0.500. The summed E-state index contributed by atoms with van der Waals surface area (Å²) in [6.45, 7) is 4.66. The Balaban J connectivity index is 1.42. The van der Waals surface area contributed by atoms with Gasteiger partial charge in [-0.3, -0.25) is 9.69 Å². The Kier molecular flexibility index (Phi) is 5.19. The highest BCUT2D eigenvalue weighted by molar-refractivity contribution is 6.04. The zero-order valence-corrected chi connectivity index (χ0v) is 12.8. The van der Waals surface area contributed by atoms with Crippen molar-refractivity contribution in [3.63, 3.8) is 0 Å². The van der Waals surface area contributed by atoms with Crippen LogP contribution in [0.4, 0.5) is 4.39 Å². The lowest BCUT2D eigenvalue weighted by Gasteiger charge is -2.26. The Labute approximate surface area is 134 Å². The van der Waals surface area contributed by atoms with E-state index in [-0.39, 0.29) is 11.7 Å². The number of ether oxygens (including phenoxy) is 1. The molecule has 0 aromatic heterocycles. The van der Waals surface area contributed by atoms with E-state index in [0.29, 0.717) is 18.7 Å². The van der Waals surface area contributed by atoms with Crippen molar-refractivity contribution in [3.8, 4) is 0 Å². The molecule has 124 valence electrons. The molecule has 1 aromatic carbocycles. The van der Waals surface area contributed by atoms with E-state index in [1.807, 2.05) is 0 Å². The maximum Gasteiger partial charge on any atom is 0.264 e. The molecule has 0 bridgehead atoms. The minimum Gasteiger partial charge on any atom is -0.382 e. The fourth-order valence-electron chi connectivity index (χ4n) is 2.61. The lowest BCUT2D eigenvalue weighted by atomic mass is 10.0. The molecular formula is C16H20FN3O3. The molecule has 1 atom stereocenters. The van der Waals surface area contributed by atoms with Crippen molar-refractivity contribution in [2.24, 2.45) is 5.16 Å². The first-order chi connectivity index (χ1) is 11.2. The van der Waals surface area contributed by atoms with Crippen molar-refractivity contribution in [1.29, 1.82) is 0 Å². The highest BCUT2D eigenvalue weighted by Crippen LogP contribution is 2.17. The standard InChI is InChI=1S/C16H20FN3O3/c17-13-3-1-12(2-4-13)14-11-15(23-19-14)16(21)18-5-6-20-7-9-22-10-8-20/h1-4,15H,5-11H2,(H,18,21)/t15-/m0/s1. The Morgan fingerprint density at radius 3 is 2.78 bits per heavy atom. The molecule has 23 heavy (non-hydrogen) atoms. The van der Waals surface area contributed by atoms with Gasteiger partial charge in [0.15, 0.2) is 0 Å². The molecule has 3 rings (SSSR count). The summed E-state index contributed by atoms with van der Waals surface area (Å²) >= 11 is 0. The summed E-state index contributed by atoms with van der Waals surface area (Å²) in [4.78, 5) is 19.6. The summed E-state index contributed by atoms with van der Waals surface area (Å²) in [6, 6.07) is 6.01. The van der Waals surface area contributed by atoms with Gasteiger partial charge in [-0.1, -0.05) is 17.3 Å². The Hall–Kier alpha value is -1.99. The van der Waals surface area contributed by atoms with E-state index in [9.17, 15) is 9.18 Å². The van der Waals surface area contributed by atoms with Gasteiger partial charge >= 0.3 is 0 Å². The van der Waals surface area contributed by atoms with Crippen LogP contribution < -0.4 is 5.32 Å².